The van der Waals surface area contributed by atoms with E-state index in [9.17, 15) is 19.7 Å². The standard InChI is InChI=1S/C22H23N3O5S/c1-15(2)11-12-24-21(27)18-5-3-4-6-19(18)23-22(24)31-14-20(26)30-13-16-7-9-17(10-8-16)25(28)29/h3-10,15H,11-14H2,1-2H3. The second kappa shape index (κ2) is 10.2. The van der Waals surface area contributed by atoms with Crippen molar-refractivity contribution in [3.05, 3.63) is 74.6 Å². The number of nitrogens with zero attached hydrogens (tertiary/aromatic N) is 3. The maximum Gasteiger partial charge on any atom is 0.316 e. The summed E-state index contributed by atoms with van der Waals surface area (Å²) in [4.78, 5) is 40.0. The number of fused-ring (bicyclic) bond motifs is 1. The van der Waals surface area contributed by atoms with Crippen LogP contribution in [0.2, 0.25) is 0 Å². The van der Waals surface area contributed by atoms with E-state index >= 15 is 0 Å². The first-order chi connectivity index (χ1) is 14.8. The smallest absolute Gasteiger partial charge is 0.316 e. The Labute approximate surface area is 183 Å². The molecular weight excluding hydrogens is 418 g/mol. The van der Waals surface area contributed by atoms with Gasteiger partial charge in [0.25, 0.3) is 11.2 Å². The molecule has 0 amide bonds. The summed E-state index contributed by atoms with van der Waals surface area (Å²) in [5.74, 6) is -0.0385. The summed E-state index contributed by atoms with van der Waals surface area (Å²) >= 11 is 1.17. The summed E-state index contributed by atoms with van der Waals surface area (Å²) in [6.07, 6.45) is 0.818. The SMILES string of the molecule is CC(C)CCn1c(SCC(=O)OCc2ccc([N+](=O)[O-])cc2)nc2ccccc2c1=O. The highest BCUT2D eigenvalue weighted by molar-refractivity contribution is 7.99. The minimum absolute atomic E-state index is 0.000555. The van der Waals surface area contributed by atoms with Crippen molar-refractivity contribution < 1.29 is 14.5 Å². The topological polar surface area (TPSA) is 104 Å². The molecule has 0 aliphatic heterocycles. The molecule has 0 aliphatic rings. The number of hydrogen-bond acceptors (Lipinski definition) is 7. The molecule has 31 heavy (non-hydrogen) atoms. The summed E-state index contributed by atoms with van der Waals surface area (Å²) in [5.41, 5.74) is 1.11. The summed E-state index contributed by atoms with van der Waals surface area (Å²) in [5, 5.41) is 11.7. The number of para-hydroxylation sites is 1. The number of non-ortho nitro benzene ring substituents is 1. The molecule has 0 atom stereocenters. The summed E-state index contributed by atoms with van der Waals surface area (Å²) in [6.45, 7) is 4.71. The van der Waals surface area contributed by atoms with Crippen LogP contribution >= 0.6 is 11.8 Å². The molecule has 0 radical (unpaired) electrons. The van der Waals surface area contributed by atoms with Gasteiger partial charge in [-0.15, -0.1) is 0 Å². The first kappa shape index (κ1) is 22.5. The zero-order chi connectivity index (χ0) is 22.4. The van der Waals surface area contributed by atoms with Gasteiger partial charge in [-0.25, -0.2) is 4.98 Å². The lowest BCUT2D eigenvalue weighted by Crippen LogP contribution is -2.24. The second-order valence-electron chi connectivity index (χ2n) is 7.42. The van der Waals surface area contributed by atoms with Gasteiger partial charge in [0.15, 0.2) is 5.16 Å². The lowest BCUT2D eigenvalue weighted by atomic mass is 10.1. The third kappa shape index (κ3) is 5.91. The number of rotatable bonds is 9. The Morgan fingerprint density at radius 3 is 2.58 bits per heavy atom. The number of nitro benzene ring substituents is 1. The van der Waals surface area contributed by atoms with E-state index in [1.165, 1.54) is 23.9 Å². The van der Waals surface area contributed by atoms with Gasteiger partial charge < -0.3 is 4.74 Å². The van der Waals surface area contributed by atoms with Gasteiger partial charge in [0.05, 0.1) is 21.6 Å². The van der Waals surface area contributed by atoms with Gasteiger partial charge in [0.1, 0.15) is 6.61 Å². The normalized spacial score (nSPS) is 11.1. The predicted molar refractivity (Wildman–Crippen MR) is 119 cm³/mol. The fourth-order valence-corrected chi connectivity index (χ4v) is 3.71. The van der Waals surface area contributed by atoms with Gasteiger partial charge in [-0.05, 0) is 42.2 Å². The number of benzene rings is 2. The van der Waals surface area contributed by atoms with Crippen LogP contribution in [0.25, 0.3) is 10.9 Å². The van der Waals surface area contributed by atoms with Crippen LogP contribution < -0.4 is 5.56 Å². The molecule has 3 aromatic rings. The summed E-state index contributed by atoms with van der Waals surface area (Å²) in [7, 11) is 0. The largest absolute Gasteiger partial charge is 0.460 e. The van der Waals surface area contributed by atoms with Crippen molar-refractivity contribution >= 4 is 34.3 Å². The summed E-state index contributed by atoms with van der Waals surface area (Å²) < 4.78 is 6.88. The monoisotopic (exact) mass is 441 g/mol. The number of carbonyl (C=O) groups excluding carboxylic acids is 1. The van der Waals surface area contributed by atoms with Crippen LogP contribution in [0.5, 0.6) is 0 Å². The van der Waals surface area contributed by atoms with Crippen molar-refractivity contribution in [1.29, 1.82) is 0 Å². The molecule has 162 valence electrons. The number of esters is 1. The molecule has 0 N–H and O–H groups in total. The Morgan fingerprint density at radius 1 is 1.19 bits per heavy atom. The highest BCUT2D eigenvalue weighted by atomic mass is 32.2. The third-order valence-corrected chi connectivity index (χ3v) is 5.57. The van der Waals surface area contributed by atoms with Gasteiger partial charge in [0, 0.05) is 18.7 Å². The van der Waals surface area contributed by atoms with Crippen LogP contribution in [0.4, 0.5) is 5.69 Å². The zero-order valence-electron chi connectivity index (χ0n) is 17.3. The molecule has 0 fully saturated rings. The lowest BCUT2D eigenvalue weighted by molar-refractivity contribution is -0.384. The molecule has 0 bridgehead atoms. The molecule has 0 aliphatic carbocycles. The Morgan fingerprint density at radius 2 is 1.90 bits per heavy atom. The van der Waals surface area contributed by atoms with Gasteiger partial charge in [-0.2, -0.15) is 0 Å². The number of hydrogen-bond donors (Lipinski definition) is 0. The molecule has 2 aromatic carbocycles. The van der Waals surface area contributed by atoms with Crippen molar-refractivity contribution in [2.45, 2.75) is 38.6 Å². The first-order valence-electron chi connectivity index (χ1n) is 9.86. The molecule has 0 saturated carbocycles. The predicted octanol–water partition coefficient (Wildman–Crippen LogP) is 4.19. The van der Waals surface area contributed by atoms with Crippen molar-refractivity contribution in [1.82, 2.24) is 9.55 Å². The fourth-order valence-electron chi connectivity index (χ4n) is 2.89. The van der Waals surface area contributed by atoms with E-state index in [2.05, 4.69) is 18.8 Å². The number of carbonyl (C=O) groups is 1. The van der Waals surface area contributed by atoms with E-state index in [-0.39, 0.29) is 23.6 Å². The van der Waals surface area contributed by atoms with Crippen LogP contribution in [0.1, 0.15) is 25.8 Å². The van der Waals surface area contributed by atoms with Crippen molar-refractivity contribution in [3.8, 4) is 0 Å². The van der Waals surface area contributed by atoms with Crippen LogP contribution in [-0.4, -0.2) is 26.2 Å². The molecule has 0 unspecified atom stereocenters. The maximum absolute atomic E-state index is 12.9. The maximum atomic E-state index is 12.9. The average Bonchev–Trinajstić information content (AvgIpc) is 2.76. The number of nitro groups is 1. The second-order valence-corrected chi connectivity index (χ2v) is 8.37. The van der Waals surface area contributed by atoms with E-state index in [4.69, 9.17) is 4.74 Å². The van der Waals surface area contributed by atoms with Crippen molar-refractivity contribution in [2.24, 2.45) is 5.92 Å². The van der Waals surface area contributed by atoms with Crippen LogP contribution in [0.15, 0.2) is 58.5 Å². The van der Waals surface area contributed by atoms with E-state index in [0.29, 0.717) is 34.1 Å². The van der Waals surface area contributed by atoms with Crippen LogP contribution in [-0.2, 0) is 22.7 Å². The van der Waals surface area contributed by atoms with E-state index < -0.39 is 10.9 Å². The first-order valence-corrected chi connectivity index (χ1v) is 10.8. The molecule has 9 heteroatoms. The van der Waals surface area contributed by atoms with Gasteiger partial charge >= 0.3 is 5.97 Å². The Bertz CT molecular complexity index is 1140. The molecular formula is C22H23N3O5S. The highest BCUT2D eigenvalue weighted by Crippen LogP contribution is 2.20. The molecule has 1 aromatic heterocycles. The molecule has 1 heterocycles. The van der Waals surface area contributed by atoms with E-state index in [0.717, 1.165) is 6.42 Å². The molecule has 0 saturated heterocycles. The fraction of sp³-hybridized carbons (Fsp3) is 0.318. The quantitative estimate of drug-likeness (QED) is 0.161. The highest BCUT2D eigenvalue weighted by Gasteiger charge is 2.14. The number of thioether (sulfide) groups is 1. The Hall–Kier alpha value is -3.20. The zero-order valence-corrected chi connectivity index (χ0v) is 18.1. The third-order valence-electron chi connectivity index (χ3n) is 4.62. The molecule has 8 nitrogen and oxygen atoms in total. The number of aromatic nitrogens is 2. The Balaban J connectivity index is 1.68. The van der Waals surface area contributed by atoms with Gasteiger partial charge in [-0.3, -0.25) is 24.3 Å². The van der Waals surface area contributed by atoms with Crippen LogP contribution in [0.3, 0.4) is 0 Å². The van der Waals surface area contributed by atoms with Crippen molar-refractivity contribution in [3.63, 3.8) is 0 Å². The van der Waals surface area contributed by atoms with E-state index in [1.54, 1.807) is 34.9 Å². The molecule has 0 spiro atoms. The Kier molecular flexibility index (Phi) is 7.41. The number of ether oxygens (including phenoxy) is 1. The molecule has 3 rings (SSSR count). The van der Waals surface area contributed by atoms with Crippen LogP contribution in [0, 0.1) is 16.0 Å². The summed E-state index contributed by atoms with van der Waals surface area (Å²) in [6, 6.07) is 13.0. The lowest BCUT2D eigenvalue weighted by Gasteiger charge is -2.14. The van der Waals surface area contributed by atoms with E-state index in [1.807, 2.05) is 6.07 Å². The average molecular weight is 442 g/mol. The van der Waals surface area contributed by atoms with Gasteiger partial charge in [0.2, 0.25) is 0 Å². The minimum Gasteiger partial charge on any atom is -0.460 e. The minimum atomic E-state index is -0.484. The van der Waals surface area contributed by atoms with Crippen molar-refractivity contribution in [2.75, 3.05) is 5.75 Å². The van der Waals surface area contributed by atoms with Gasteiger partial charge in [-0.1, -0.05) is 37.7 Å².